The zero-order valence-corrected chi connectivity index (χ0v) is 8.41. The molecule has 0 aromatic rings. The van der Waals surface area contributed by atoms with Crippen LogP contribution in [0.2, 0.25) is 0 Å². The molecule has 13 heavy (non-hydrogen) atoms. The van der Waals surface area contributed by atoms with E-state index in [1.165, 1.54) is 12.8 Å². The highest BCUT2D eigenvalue weighted by atomic mass is 31.2. The summed E-state index contributed by atoms with van der Waals surface area (Å²) in [6.07, 6.45) is 5.29. The van der Waals surface area contributed by atoms with Gasteiger partial charge in [-0.25, -0.2) is 0 Å². The van der Waals surface area contributed by atoms with Crippen molar-refractivity contribution in [2.45, 2.75) is 43.9 Å². The summed E-state index contributed by atoms with van der Waals surface area (Å²) >= 11 is 0. The maximum absolute atomic E-state index is 11.0. The Hall–Kier alpha value is 0.110. The first-order chi connectivity index (χ1) is 6.07. The summed E-state index contributed by atoms with van der Waals surface area (Å²) in [6.45, 7) is 0. The normalized spacial score (nSPS) is 40.3. The molecule has 2 fully saturated rings. The van der Waals surface area contributed by atoms with Crippen LogP contribution in [-0.4, -0.2) is 21.6 Å². The number of hydrogen-bond acceptors (Lipinski definition) is 2. The summed E-state index contributed by atoms with van der Waals surface area (Å²) in [6, 6.07) is 0.367. The number of nitrogens with one attached hydrogen (secondary N) is 1. The Kier molecular flexibility index (Phi) is 2.49. The van der Waals surface area contributed by atoms with Crippen LogP contribution in [0.1, 0.15) is 32.1 Å². The SMILES string of the molecule is O=P(O)(O)[C@@H]1C[C@@H]2CCCC[C@@H]2N1. The zero-order valence-electron chi connectivity index (χ0n) is 7.52. The van der Waals surface area contributed by atoms with Crippen LogP contribution in [-0.2, 0) is 4.57 Å². The van der Waals surface area contributed by atoms with Gasteiger partial charge in [0.15, 0.2) is 0 Å². The summed E-state index contributed by atoms with van der Waals surface area (Å²) in [5, 5.41) is 3.07. The second kappa shape index (κ2) is 3.35. The quantitative estimate of drug-likeness (QED) is 0.559. The molecule has 4 nitrogen and oxygen atoms in total. The largest absolute Gasteiger partial charge is 0.342 e. The Morgan fingerprint density at radius 2 is 1.92 bits per heavy atom. The Morgan fingerprint density at radius 1 is 1.23 bits per heavy atom. The lowest BCUT2D eigenvalue weighted by Gasteiger charge is -2.24. The zero-order chi connectivity index (χ0) is 9.47. The van der Waals surface area contributed by atoms with E-state index in [1.807, 2.05) is 0 Å². The van der Waals surface area contributed by atoms with Crippen molar-refractivity contribution in [3.8, 4) is 0 Å². The van der Waals surface area contributed by atoms with Crippen LogP contribution < -0.4 is 5.32 Å². The Bertz CT molecular complexity index is 226. The van der Waals surface area contributed by atoms with Crippen LogP contribution >= 0.6 is 7.60 Å². The molecule has 3 atom stereocenters. The van der Waals surface area contributed by atoms with Crippen LogP contribution in [0.25, 0.3) is 0 Å². The lowest BCUT2D eigenvalue weighted by atomic mass is 9.86. The van der Waals surface area contributed by atoms with E-state index >= 15 is 0 Å². The van der Waals surface area contributed by atoms with E-state index in [9.17, 15) is 4.57 Å². The van der Waals surface area contributed by atoms with Crippen LogP contribution in [0.3, 0.4) is 0 Å². The highest BCUT2D eigenvalue weighted by molar-refractivity contribution is 7.52. The minimum atomic E-state index is -3.90. The second-order valence-corrected chi connectivity index (χ2v) is 5.96. The molecule has 2 aliphatic rings. The van der Waals surface area contributed by atoms with Gasteiger partial charge in [0, 0.05) is 6.04 Å². The Labute approximate surface area is 77.9 Å². The van der Waals surface area contributed by atoms with Crippen LogP contribution in [0.5, 0.6) is 0 Å². The van der Waals surface area contributed by atoms with Crippen LogP contribution in [0.15, 0.2) is 0 Å². The fraction of sp³-hybridized carbons (Fsp3) is 1.00. The number of fused-ring (bicyclic) bond motifs is 1. The molecule has 0 aromatic carbocycles. The van der Waals surface area contributed by atoms with Gasteiger partial charge in [-0.15, -0.1) is 0 Å². The van der Waals surface area contributed by atoms with Crippen molar-refractivity contribution in [2.75, 3.05) is 0 Å². The highest BCUT2D eigenvalue weighted by Gasteiger charge is 2.42. The van der Waals surface area contributed by atoms with Crippen molar-refractivity contribution in [2.24, 2.45) is 5.92 Å². The third kappa shape index (κ3) is 1.96. The smallest absolute Gasteiger partial charge is 0.323 e. The van der Waals surface area contributed by atoms with Crippen molar-refractivity contribution >= 4 is 7.60 Å². The molecule has 0 amide bonds. The van der Waals surface area contributed by atoms with Crippen molar-refractivity contribution in [3.63, 3.8) is 0 Å². The lowest BCUT2D eigenvalue weighted by Crippen LogP contribution is -2.32. The van der Waals surface area contributed by atoms with Crippen molar-refractivity contribution < 1.29 is 14.4 Å². The predicted molar refractivity (Wildman–Crippen MR) is 49.3 cm³/mol. The van der Waals surface area contributed by atoms with E-state index in [0.29, 0.717) is 18.4 Å². The molecule has 1 saturated carbocycles. The second-order valence-electron chi connectivity index (χ2n) is 4.16. The predicted octanol–water partition coefficient (Wildman–Crippen LogP) is 1.04. The molecule has 1 aliphatic carbocycles. The third-order valence-electron chi connectivity index (χ3n) is 3.25. The minimum Gasteiger partial charge on any atom is -0.323 e. The first-order valence-corrected chi connectivity index (χ1v) is 6.57. The van der Waals surface area contributed by atoms with Gasteiger partial charge in [-0.05, 0) is 25.2 Å². The molecule has 76 valence electrons. The van der Waals surface area contributed by atoms with Gasteiger partial charge in [0.2, 0.25) is 0 Å². The van der Waals surface area contributed by atoms with Gasteiger partial charge in [0.25, 0.3) is 0 Å². The summed E-state index contributed by atoms with van der Waals surface area (Å²) in [7, 11) is -3.90. The van der Waals surface area contributed by atoms with Gasteiger partial charge in [0.1, 0.15) is 5.78 Å². The third-order valence-corrected chi connectivity index (χ3v) is 4.42. The molecule has 3 N–H and O–H groups in total. The maximum Gasteiger partial charge on any atom is 0.342 e. The number of rotatable bonds is 1. The standard InChI is InChI=1S/C8H16NO3P/c10-13(11,12)8-5-6-3-1-2-4-7(6)9-8/h6-9H,1-5H2,(H2,10,11,12)/t6-,7-,8+/m0/s1. The molecule has 1 aliphatic heterocycles. The molecular weight excluding hydrogens is 189 g/mol. The molecule has 1 heterocycles. The maximum atomic E-state index is 11.0. The highest BCUT2D eigenvalue weighted by Crippen LogP contribution is 2.48. The summed E-state index contributed by atoms with van der Waals surface area (Å²) in [4.78, 5) is 18.0. The van der Waals surface area contributed by atoms with E-state index in [4.69, 9.17) is 9.79 Å². The molecule has 0 unspecified atom stereocenters. The molecule has 2 rings (SSSR count). The van der Waals surface area contributed by atoms with Gasteiger partial charge in [0.05, 0.1) is 0 Å². The fourth-order valence-corrected chi connectivity index (χ4v) is 3.48. The van der Waals surface area contributed by atoms with E-state index in [0.717, 1.165) is 12.8 Å². The average Bonchev–Trinajstić information content (AvgIpc) is 2.45. The number of hydrogen-bond donors (Lipinski definition) is 3. The minimum absolute atomic E-state index is 0.367. The average molecular weight is 205 g/mol. The van der Waals surface area contributed by atoms with Crippen molar-refractivity contribution in [1.29, 1.82) is 0 Å². The van der Waals surface area contributed by atoms with E-state index in [-0.39, 0.29) is 0 Å². The van der Waals surface area contributed by atoms with Crippen LogP contribution in [0, 0.1) is 5.92 Å². The first-order valence-electron chi connectivity index (χ1n) is 4.88. The van der Waals surface area contributed by atoms with Crippen LogP contribution in [0.4, 0.5) is 0 Å². The molecule has 1 saturated heterocycles. The van der Waals surface area contributed by atoms with Gasteiger partial charge in [-0.2, -0.15) is 0 Å². The van der Waals surface area contributed by atoms with Gasteiger partial charge in [-0.3, -0.25) is 4.57 Å². The Morgan fingerprint density at radius 3 is 2.54 bits per heavy atom. The van der Waals surface area contributed by atoms with Gasteiger partial charge < -0.3 is 15.1 Å². The van der Waals surface area contributed by atoms with E-state index < -0.39 is 13.4 Å². The van der Waals surface area contributed by atoms with E-state index in [2.05, 4.69) is 5.32 Å². The Balaban J connectivity index is 2.03. The first kappa shape index (κ1) is 9.66. The van der Waals surface area contributed by atoms with E-state index in [1.54, 1.807) is 0 Å². The van der Waals surface area contributed by atoms with Gasteiger partial charge in [-0.1, -0.05) is 12.8 Å². The molecule has 0 radical (unpaired) electrons. The molecule has 0 spiro atoms. The lowest BCUT2D eigenvalue weighted by molar-refractivity contribution is 0.325. The topological polar surface area (TPSA) is 69.6 Å². The molecule has 5 heteroatoms. The van der Waals surface area contributed by atoms with Crippen molar-refractivity contribution in [1.82, 2.24) is 5.32 Å². The monoisotopic (exact) mass is 205 g/mol. The molecular formula is C8H16NO3P. The summed E-state index contributed by atoms with van der Waals surface area (Å²) in [5.74, 6) is -0.0630. The molecule has 0 bridgehead atoms. The van der Waals surface area contributed by atoms with Gasteiger partial charge >= 0.3 is 7.60 Å². The summed E-state index contributed by atoms with van der Waals surface area (Å²) in [5.41, 5.74) is 0. The molecule has 0 aromatic heterocycles. The summed E-state index contributed by atoms with van der Waals surface area (Å²) < 4.78 is 11.0. The van der Waals surface area contributed by atoms with Crippen molar-refractivity contribution in [3.05, 3.63) is 0 Å². The fourth-order valence-electron chi connectivity index (χ4n) is 2.55.